The van der Waals surface area contributed by atoms with Gasteiger partial charge in [0.05, 0.1) is 34.4 Å². The van der Waals surface area contributed by atoms with Gasteiger partial charge in [0.2, 0.25) is 0 Å². The lowest BCUT2D eigenvalue weighted by molar-refractivity contribution is -0.870. The van der Waals surface area contributed by atoms with Crippen LogP contribution in [0.3, 0.4) is 0 Å². The first-order valence-electron chi connectivity index (χ1n) is 21.5. The maximum Gasteiger partial charge on any atom is 0.472 e. The number of phosphoric ester groups is 1. The molecule has 0 saturated carbocycles. The number of likely N-dealkylation sites (N-methyl/N-ethyl adjacent to an activating group) is 1. The highest BCUT2D eigenvalue weighted by molar-refractivity contribution is 7.47. The quantitative estimate of drug-likeness (QED) is 0.0218. The Morgan fingerprint density at radius 2 is 1.07 bits per heavy atom. The third-order valence-electron chi connectivity index (χ3n) is 8.81. The molecule has 8 nitrogen and oxygen atoms in total. The number of ether oxygens (including phenoxy) is 2. The second-order valence-corrected chi connectivity index (χ2v) is 16.8. The summed E-state index contributed by atoms with van der Waals surface area (Å²) in [6, 6.07) is 0. The number of hydrogen-bond acceptors (Lipinski definition) is 6. The van der Waals surface area contributed by atoms with Crippen LogP contribution in [0, 0.1) is 0 Å². The van der Waals surface area contributed by atoms with Gasteiger partial charge in [0.25, 0.3) is 0 Å². The number of carbonyl (C=O) groups is 1. The molecule has 0 bridgehead atoms. The molecule has 1 N–H and O–H groups in total. The highest BCUT2D eigenvalue weighted by Crippen LogP contribution is 2.43. The Balaban J connectivity index is 4.33. The van der Waals surface area contributed by atoms with Gasteiger partial charge in [-0.05, 0) is 77.0 Å². The van der Waals surface area contributed by atoms with Crippen LogP contribution in [0.2, 0.25) is 0 Å². The fourth-order valence-electron chi connectivity index (χ4n) is 5.48. The summed E-state index contributed by atoms with van der Waals surface area (Å²) in [7, 11) is 1.63. The molecule has 2 atom stereocenters. The molecule has 0 spiro atoms. The van der Waals surface area contributed by atoms with Crippen LogP contribution < -0.4 is 0 Å². The molecule has 0 heterocycles. The first-order chi connectivity index (χ1) is 26.1. The van der Waals surface area contributed by atoms with E-state index in [0.29, 0.717) is 24.1 Å². The van der Waals surface area contributed by atoms with E-state index in [1.165, 1.54) is 57.8 Å². The van der Waals surface area contributed by atoms with E-state index in [9.17, 15) is 14.3 Å². The van der Waals surface area contributed by atoms with E-state index in [-0.39, 0.29) is 25.8 Å². The normalized spacial score (nSPS) is 14.4. The second-order valence-electron chi connectivity index (χ2n) is 15.3. The van der Waals surface area contributed by atoms with Gasteiger partial charge in [-0.25, -0.2) is 4.57 Å². The Morgan fingerprint density at radius 1 is 0.593 bits per heavy atom. The van der Waals surface area contributed by atoms with Crippen LogP contribution in [-0.4, -0.2) is 75.6 Å². The number of unbranched alkanes of at least 4 members (excludes halogenated alkanes) is 15. The maximum atomic E-state index is 12.7. The van der Waals surface area contributed by atoms with Gasteiger partial charge in [-0.2, -0.15) is 0 Å². The molecule has 0 aromatic rings. The predicted octanol–water partition coefficient (Wildman–Crippen LogP) is 12.5. The fourth-order valence-corrected chi connectivity index (χ4v) is 6.22. The largest absolute Gasteiger partial charge is 0.472 e. The molecule has 9 heteroatoms. The van der Waals surface area contributed by atoms with Crippen molar-refractivity contribution in [3.63, 3.8) is 0 Å². The molecule has 0 rings (SSSR count). The zero-order valence-electron chi connectivity index (χ0n) is 35.4. The number of allylic oxidation sites excluding steroid dienone is 10. The fraction of sp³-hybridized carbons (Fsp3) is 0.756. The maximum absolute atomic E-state index is 12.7. The number of phosphoric acid groups is 1. The molecular formula is C45H83NO7P+. The lowest BCUT2D eigenvalue weighted by atomic mass is 10.1. The third-order valence-corrected chi connectivity index (χ3v) is 9.80. The van der Waals surface area contributed by atoms with Gasteiger partial charge < -0.3 is 18.9 Å². The van der Waals surface area contributed by atoms with Gasteiger partial charge in [-0.3, -0.25) is 13.8 Å². The second kappa shape index (κ2) is 38.1. The van der Waals surface area contributed by atoms with Crippen molar-refractivity contribution in [3.05, 3.63) is 60.8 Å². The summed E-state index contributed by atoms with van der Waals surface area (Å²) in [5.74, 6) is -0.336. The average molecular weight is 781 g/mol. The molecule has 0 aromatic carbocycles. The molecule has 0 saturated heterocycles. The molecular weight excluding hydrogens is 697 g/mol. The van der Waals surface area contributed by atoms with Crippen molar-refractivity contribution in [2.24, 2.45) is 0 Å². The van der Waals surface area contributed by atoms with E-state index in [1.54, 1.807) is 0 Å². The SMILES string of the molecule is CC/C=C\C/C=C\C/C=C\C/C=C\CCCCCOCC(COP(=O)(O)OCC[N+](C)(C)C)OC(=O)CCCCCCC/C=C\CCCCCCCCC. The molecule has 0 amide bonds. The molecule has 2 unspecified atom stereocenters. The zero-order valence-corrected chi connectivity index (χ0v) is 36.3. The molecule has 0 radical (unpaired) electrons. The number of rotatable bonds is 39. The molecule has 0 aliphatic heterocycles. The minimum absolute atomic E-state index is 0.0781. The number of quaternary nitrogens is 1. The summed E-state index contributed by atoms with van der Waals surface area (Å²) >= 11 is 0. The highest BCUT2D eigenvalue weighted by Gasteiger charge is 2.26. The van der Waals surface area contributed by atoms with Crippen LogP contribution in [0.4, 0.5) is 0 Å². The number of carbonyl (C=O) groups excluding carboxylic acids is 1. The first kappa shape index (κ1) is 52.2. The van der Waals surface area contributed by atoms with Gasteiger partial charge in [0, 0.05) is 13.0 Å². The van der Waals surface area contributed by atoms with E-state index in [0.717, 1.165) is 83.5 Å². The van der Waals surface area contributed by atoms with Crippen LogP contribution >= 0.6 is 7.82 Å². The van der Waals surface area contributed by atoms with Crippen molar-refractivity contribution in [2.45, 2.75) is 168 Å². The van der Waals surface area contributed by atoms with Gasteiger partial charge in [-0.1, -0.05) is 139 Å². The van der Waals surface area contributed by atoms with E-state index in [4.69, 9.17) is 18.5 Å². The summed E-state index contributed by atoms with van der Waals surface area (Å²) in [6.45, 7) is 5.40. The van der Waals surface area contributed by atoms with Crippen LogP contribution in [0.15, 0.2) is 60.8 Å². The Morgan fingerprint density at radius 3 is 1.63 bits per heavy atom. The first-order valence-corrected chi connectivity index (χ1v) is 23.0. The molecule has 0 aliphatic rings. The van der Waals surface area contributed by atoms with E-state index < -0.39 is 13.9 Å². The Bertz CT molecular complexity index is 1050. The monoisotopic (exact) mass is 781 g/mol. The highest BCUT2D eigenvalue weighted by atomic mass is 31.2. The summed E-state index contributed by atoms with van der Waals surface area (Å²) in [5.41, 5.74) is 0. The number of hydrogen-bond donors (Lipinski definition) is 1. The predicted molar refractivity (Wildman–Crippen MR) is 229 cm³/mol. The number of esters is 1. The Hall–Kier alpha value is -1.80. The standard InChI is InChI=1S/C45H82NO7P/c1-6-8-10-12-14-16-18-20-22-24-26-28-30-32-34-36-38-45(47)53-44(43-52-54(48,49)51-41-39-46(3,4)5)42-50-40-37-35-33-31-29-27-25-23-21-19-17-15-13-11-9-7-2/h9,11,15,17,21-24,27,29,44H,6-8,10,12-14,16,18-20,25-26,28,30-43H2,1-5H3/p+1/b11-9-,17-15-,23-21-,24-22-,29-27-. The summed E-state index contributed by atoms with van der Waals surface area (Å²) in [4.78, 5) is 22.9. The van der Waals surface area contributed by atoms with Gasteiger partial charge in [0.15, 0.2) is 0 Å². The Labute approximate surface area is 332 Å². The lowest BCUT2D eigenvalue weighted by Crippen LogP contribution is -2.37. The topological polar surface area (TPSA) is 91.3 Å². The van der Waals surface area contributed by atoms with Crippen molar-refractivity contribution in [3.8, 4) is 0 Å². The van der Waals surface area contributed by atoms with Crippen LogP contribution in [0.1, 0.15) is 162 Å². The minimum atomic E-state index is -4.29. The van der Waals surface area contributed by atoms with E-state index in [1.807, 2.05) is 21.1 Å². The van der Waals surface area contributed by atoms with E-state index in [2.05, 4.69) is 74.6 Å². The minimum Gasteiger partial charge on any atom is -0.457 e. The van der Waals surface area contributed by atoms with Crippen molar-refractivity contribution >= 4 is 13.8 Å². The van der Waals surface area contributed by atoms with Crippen LogP contribution in [0.25, 0.3) is 0 Å². The van der Waals surface area contributed by atoms with Crippen molar-refractivity contribution in [1.29, 1.82) is 0 Å². The molecule has 54 heavy (non-hydrogen) atoms. The van der Waals surface area contributed by atoms with Gasteiger partial charge in [0.1, 0.15) is 19.3 Å². The smallest absolute Gasteiger partial charge is 0.457 e. The van der Waals surface area contributed by atoms with Crippen LogP contribution in [0.5, 0.6) is 0 Å². The molecule has 0 aromatic heterocycles. The average Bonchev–Trinajstić information content (AvgIpc) is 3.12. The van der Waals surface area contributed by atoms with Crippen molar-refractivity contribution < 1.29 is 37.3 Å². The molecule has 0 aliphatic carbocycles. The van der Waals surface area contributed by atoms with E-state index >= 15 is 0 Å². The van der Waals surface area contributed by atoms with Gasteiger partial charge in [-0.15, -0.1) is 0 Å². The summed E-state index contributed by atoms with van der Waals surface area (Å²) < 4.78 is 34.9. The molecule has 314 valence electrons. The van der Waals surface area contributed by atoms with Crippen molar-refractivity contribution in [1.82, 2.24) is 0 Å². The van der Waals surface area contributed by atoms with Gasteiger partial charge >= 0.3 is 13.8 Å². The summed E-state index contributed by atoms with van der Waals surface area (Å²) in [5, 5.41) is 0. The Kier molecular flexibility index (Phi) is 36.8. The number of nitrogens with zero attached hydrogens (tertiary/aromatic N) is 1. The third kappa shape index (κ3) is 41.4. The lowest BCUT2D eigenvalue weighted by Gasteiger charge is -2.24. The summed E-state index contributed by atoms with van der Waals surface area (Å²) in [6.07, 6.45) is 46.8. The zero-order chi connectivity index (χ0) is 39.9. The van der Waals surface area contributed by atoms with Crippen LogP contribution in [-0.2, 0) is 27.9 Å². The van der Waals surface area contributed by atoms with Crippen molar-refractivity contribution in [2.75, 3.05) is 54.1 Å². The molecule has 0 fully saturated rings.